The number of rotatable bonds is 7. The lowest BCUT2D eigenvalue weighted by atomic mass is 9.96. The number of aromatic nitrogens is 2. The highest BCUT2D eigenvalue weighted by Crippen LogP contribution is 2.35. The lowest BCUT2D eigenvalue weighted by Crippen LogP contribution is -2.69. The summed E-state index contributed by atoms with van der Waals surface area (Å²) in [4.78, 5) is 4.35. The molecule has 2 aromatic carbocycles. The minimum absolute atomic E-state index is 0.116. The molecule has 0 amide bonds. The average Bonchev–Trinajstić information content (AvgIpc) is 3.20. The van der Waals surface area contributed by atoms with E-state index in [1.165, 1.54) is 0 Å². The van der Waals surface area contributed by atoms with Gasteiger partial charge in [0.15, 0.2) is 6.10 Å². The maximum atomic E-state index is 10.9. The van der Waals surface area contributed by atoms with Crippen LogP contribution in [-0.4, -0.2) is 78.7 Å². The van der Waals surface area contributed by atoms with Crippen molar-refractivity contribution in [3.63, 3.8) is 0 Å². The van der Waals surface area contributed by atoms with Crippen molar-refractivity contribution in [1.29, 1.82) is 0 Å². The molecule has 10 heteroatoms. The summed E-state index contributed by atoms with van der Waals surface area (Å²) in [5, 5.41) is 50.9. The van der Waals surface area contributed by atoms with Crippen LogP contribution in [0.5, 0.6) is 11.5 Å². The van der Waals surface area contributed by atoms with Crippen molar-refractivity contribution in [2.75, 3.05) is 13.2 Å². The van der Waals surface area contributed by atoms with E-state index in [0.717, 1.165) is 11.3 Å². The molecule has 1 fully saturated rings. The van der Waals surface area contributed by atoms with Crippen molar-refractivity contribution in [2.24, 2.45) is 0 Å². The predicted octanol–water partition coefficient (Wildman–Crippen LogP) is -0.0180. The molecule has 1 aliphatic rings. The number of fused-ring (bicyclic) bond motifs is 1. The normalized spacial score (nSPS) is 28.1. The fraction of sp³-hybridized carbons (Fsp3) is 0.409. The quantitative estimate of drug-likeness (QED) is 0.316. The molecule has 1 saturated heterocycles. The maximum Gasteiger partial charge on any atom is 0.288 e. The van der Waals surface area contributed by atoms with Gasteiger partial charge in [0.2, 0.25) is 6.29 Å². The number of benzene rings is 2. The summed E-state index contributed by atoms with van der Waals surface area (Å²) < 4.78 is 17.9. The number of aliphatic hydroxyl groups excluding tert-OH is 4. The van der Waals surface area contributed by atoms with Gasteiger partial charge in [-0.1, -0.05) is 18.2 Å². The molecule has 0 spiro atoms. The highest BCUT2D eigenvalue weighted by atomic mass is 16.7. The Hall–Kier alpha value is -2.73. The van der Waals surface area contributed by atoms with E-state index in [0.29, 0.717) is 24.2 Å². The van der Waals surface area contributed by atoms with Gasteiger partial charge in [0.25, 0.3) is 5.79 Å². The Bertz CT molecular complexity index is 1060. The molecule has 0 aliphatic carbocycles. The number of nitrogens with zero attached hydrogens (tertiary/aromatic N) is 2. The molecule has 4 rings (SSSR count). The van der Waals surface area contributed by atoms with Gasteiger partial charge in [-0.25, -0.2) is 4.98 Å². The van der Waals surface area contributed by atoms with Crippen molar-refractivity contribution in [1.82, 2.24) is 9.55 Å². The van der Waals surface area contributed by atoms with E-state index in [1.807, 2.05) is 31.2 Å². The highest BCUT2D eigenvalue weighted by molar-refractivity contribution is 5.82. The number of hydrogen-bond donors (Lipinski definition) is 5. The van der Waals surface area contributed by atoms with Crippen LogP contribution in [0.4, 0.5) is 0 Å². The van der Waals surface area contributed by atoms with Gasteiger partial charge in [-0.3, -0.25) is 0 Å². The topological polar surface area (TPSA) is 147 Å². The van der Waals surface area contributed by atoms with E-state index in [9.17, 15) is 25.5 Å². The standard InChI is InChI=1S/C22H26N2O8/c1-2-30-14-8-6-13(7-9-14)10-24-12-23-15-4-3-5-16(18(15)24)32-22(29)20(27)19(26)17(11-25)31-21(22)28/h3-9,12,17,19-21,25-29H,2,10-11H2,1H3/t17-,19-,20+,21+,22+/m1/s1. The van der Waals surface area contributed by atoms with Crippen LogP contribution in [0.3, 0.4) is 0 Å². The molecule has 32 heavy (non-hydrogen) atoms. The van der Waals surface area contributed by atoms with Gasteiger partial charge in [-0.05, 0) is 36.8 Å². The molecule has 5 atom stereocenters. The second kappa shape index (κ2) is 9.02. The molecule has 0 radical (unpaired) electrons. The Morgan fingerprint density at radius 2 is 1.88 bits per heavy atom. The third-order valence-corrected chi connectivity index (χ3v) is 5.43. The van der Waals surface area contributed by atoms with Crippen LogP contribution in [0, 0.1) is 0 Å². The van der Waals surface area contributed by atoms with Crippen molar-refractivity contribution >= 4 is 11.0 Å². The number of aliphatic hydroxyl groups is 5. The monoisotopic (exact) mass is 446 g/mol. The minimum Gasteiger partial charge on any atom is -0.494 e. The molecule has 172 valence electrons. The summed E-state index contributed by atoms with van der Waals surface area (Å²) in [6.07, 6.45) is -5.30. The zero-order valence-corrected chi connectivity index (χ0v) is 17.4. The predicted molar refractivity (Wildman–Crippen MR) is 112 cm³/mol. The number of hydrogen-bond acceptors (Lipinski definition) is 9. The summed E-state index contributed by atoms with van der Waals surface area (Å²) in [6.45, 7) is 2.26. The first-order valence-electron chi connectivity index (χ1n) is 10.2. The summed E-state index contributed by atoms with van der Waals surface area (Å²) in [5.41, 5.74) is 2.03. The van der Waals surface area contributed by atoms with Crippen molar-refractivity contribution in [2.45, 2.75) is 43.9 Å². The zero-order chi connectivity index (χ0) is 22.9. The first-order chi connectivity index (χ1) is 15.4. The van der Waals surface area contributed by atoms with Crippen LogP contribution in [0.1, 0.15) is 12.5 Å². The van der Waals surface area contributed by atoms with Crippen LogP contribution in [0.25, 0.3) is 11.0 Å². The lowest BCUT2D eigenvalue weighted by molar-refractivity contribution is -0.385. The first kappa shape index (κ1) is 22.5. The molecule has 10 nitrogen and oxygen atoms in total. The molecule has 0 bridgehead atoms. The van der Waals surface area contributed by atoms with Crippen molar-refractivity contribution < 1.29 is 39.7 Å². The molecule has 0 unspecified atom stereocenters. The van der Waals surface area contributed by atoms with Crippen LogP contribution < -0.4 is 9.47 Å². The van der Waals surface area contributed by atoms with E-state index in [1.54, 1.807) is 29.1 Å². The Morgan fingerprint density at radius 3 is 2.56 bits per heavy atom. The largest absolute Gasteiger partial charge is 0.494 e. The molecule has 1 aliphatic heterocycles. The van der Waals surface area contributed by atoms with Crippen LogP contribution in [0.2, 0.25) is 0 Å². The average molecular weight is 446 g/mol. The van der Waals surface area contributed by atoms with Gasteiger partial charge in [0.1, 0.15) is 29.2 Å². The first-order valence-corrected chi connectivity index (χ1v) is 10.2. The Labute approximate surface area is 183 Å². The lowest BCUT2D eigenvalue weighted by Gasteiger charge is -2.45. The van der Waals surface area contributed by atoms with E-state index in [4.69, 9.17) is 14.2 Å². The van der Waals surface area contributed by atoms with Crippen LogP contribution >= 0.6 is 0 Å². The summed E-state index contributed by atoms with van der Waals surface area (Å²) in [6, 6.07) is 12.5. The Morgan fingerprint density at radius 1 is 1.12 bits per heavy atom. The second-order valence-electron chi connectivity index (χ2n) is 7.57. The Kier molecular flexibility index (Phi) is 6.33. The van der Waals surface area contributed by atoms with E-state index in [-0.39, 0.29) is 5.75 Å². The Balaban J connectivity index is 1.64. The van der Waals surface area contributed by atoms with Gasteiger partial charge in [-0.2, -0.15) is 0 Å². The third-order valence-electron chi connectivity index (χ3n) is 5.43. The number of imidazole rings is 1. The third kappa shape index (κ3) is 4.04. The zero-order valence-electron chi connectivity index (χ0n) is 17.4. The minimum atomic E-state index is -2.67. The smallest absolute Gasteiger partial charge is 0.288 e. The molecule has 3 aromatic rings. The fourth-order valence-corrected chi connectivity index (χ4v) is 3.73. The summed E-state index contributed by atoms with van der Waals surface area (Å²) in [7, 11) is 0. The van der Waals surface area contributed by atoms with Crippen molar-refractivity contribution in [3.05, 3.63) is 54.4 Å². The molecule has 1 aromatic heterocycles. The maximum absolute atomic E-state index is 10.9. The van der Waals surface area contributed by atoms with Crippen LogP contribution in [0.15, 0.2) is 48.8 Å². The molecular formula is C22H26N2O8. The number of ether oxygens (including phenoxy) is 3. The molecule has 2 heterocycles. The van der Waals surface area contributed by atoms with E-state index < -0.39 is 37.0 Å². The van der Waals surface area contributed by atoms with Crippen LogP contribution in [-0.2, 0) is 11.3 Å². The fourth-order valence-electron chi connectivity index (χ4n) is 3.73. The van der Waals surface area contributed by atoms with Gasteiger partial charge >= 0.3 is 0 Å². The second-order valence-corrected chi connectivity index (χ2v) is 7.57. The highest BCUT2D eigenvalue weighted by Gasteiger charge is 2.57. The van der Waals surface area contributed by atoms with Crippen molar-refractivity contribution in [3.8, 4) is 11.5 Å². The number of para-hydroxylation sites is 1. The van der Waals surface area contributed by atoms with E-state index in [2.05, 4.69) is 4.98 Å². The van der Waals surface area contributed by atoms with Gasteiger partial charge in [-0.15, -0.1) is 0 Å². The van der Waals surface area contributed by atoms with E-state index >= 15 is 0 Å². The summed E-state index contributed by atoms with van der Waals surface area (Å²) in [5.74, 6) is -1.80. The SMILES string of the molecule is CCOc1ccc(Cn2cnc3cccc(O[C@]4(O)[C@@H](O)O[C@H](CO)[C@@H](O)[C@@H]4O)c32)cc1. The molecule has 0 saturated carbocycles. The molecular weight excluding hydrogens is 420 g/mol. The summed E-state index contributed by atoms with van der Waals surface area (Å²) >= 11 is 0. The molecule has 5 N–H and O–H groups in total. The van der Waals surface area contributed by atoms with Gasteiger partial charge in [0.05, 0.1) is 25.1 Å². The van der Waals surface area contributed by atoms with Gasteiger partial charge in [0, 0.05) is 6.54 Å². The van der Waals surface area contributed by atoms with Gasteiger partial charge < -0.3 is 44.3 Å².